The van der Waals surface area contributed by atoms with E-state index in [4.69, 9.17) is 21.1 Å². The third-order valence-corrected chi connectivity index (χ3v) is 3.57. The van der Waals surface area contributed by atoms with E-state index in [1.807, 2.05) is 6.07 Å². The second-order valence-corrected chi connectivity index (χ2v) is 5.98. The quantitative estimate of drug-likeness (QED) is 0.876. The Kier molecular flexibility index (Phi) is 6.07. The maximum absolute atomic E-state index is 6.18. The highest BCUT2D eigenvalue weighted by atomic mass is 35.5. The van der Waals surface area contributed by atoms with Crippen LogP contribution in [0.3, 0.4) is 0 Å². The van der Waals surface area contributed by atoms with E-state index in [9.17, 15) is 0 Å². The van der Waals surface area contributed by atoms with Gasteiger partial charge in [-0.05, 0) is 18.0 Å². The van der Waals surface area contributed by atoms with Crippen LogP contribution in [0.1, 0.15) is 32.3 Å². The first kappa shape index (κ1) is 15.5. The average molecular weight is 299 g/mol. The molecule has 1 aliphatic rings. The predicted molar refractivity (Wildman–Crippen MR) is 80.3 cm³/mol. The second kappa shape index (κ2) is 7.81. The van der Waals surface area contributed by atoms with Crippen molar-refractivity contribution in [3.05, 3.63) is 22.8 Å². The van der Waals surface area contributed by atoms with Gasteiger partial charge in [0.2, 0.25) is 5.88 Å². The Morgan fingerprint density at radius 3 is 2.90 bits per heavy atom. The van der Waals surface area contributed by atoms with Crippen LogP contribution in [-0.4, -0.2) is 30.8 Å². The highest BCUT2D eigenvalue weighted by Gasteiger charge is 2.16. The number of hydrogen-bond donors (Lipinski definition) is 1. The average Bonchev–Trinajstić information content (AvgIpc) is 2.43. The van der Waals surface area contributed by atoms with Crippen molar-refractivity contribution >= 4 is 11.6 Å². The van der Waals surface area contributed by atoms with Crippen LogP contribution < -0.4 is 10.1 Å². The number of hydrogen-bond acceptors (Lipinski definition) is 4. The van der Waals surface area contributed by atoms with Gasteiger partial charge in [-0.25, -0.2) is 4.98 Å². The monoisotopic (exact) mass is 298 g/mol. The van der Waals surface area contributed by atoms with Crippen LogP contribution in [0.2, 0.25) is 5.02 Å². The molecule has 0 aromatic carbocycles. The molecule has 1 aromatic heterocycles. The molecule has 1 saturated heterocycles. The lowest BCUT2D eigenvalue weighted by Gasteiger charge is -2.23. The van der Waals surface area contributed by atoms with E-state index in [1.165, 1.54) is 0 Å². The van der Waals surface area contributed by atoms with Gasteiger partial charge < -0.3 is 14.8 Å². The lowest BCUT2D eigenvalue weighted by atomic mass is 10.1. The third kappa shape index (κ3) is 4.93. The molecule has 0 spiro atoms. The maximum atomic E-state index is 6.18. The molecule has 20 heavy (non-hydrogen) atoms. The van der Waals surface area contributed by atoms with Gasteiger partial charge in [0.1, 0.15) is 6.10 Å². The predicted octanol–water partition coefficient (Wildman–Crippen LogP) is 3.04. The number of pyridine rings is 1. The molecule has 112 valence electrons. The Balaban J connectivity index is 1.92. The number of rotatable bonds is 6. The van der Waals surface area contributed by atoms with Crippen molar-refractivity contribution in [1.82, 2.24) is 10.3 Å². The summed E-state index contributed by atoms with van der Waals surface area (Å²) in [5.74, 6) is 1.27. The molecule has 0 saturated carbocycles. The van der Waals surface area contributed by atoms with Crippen LogP contribution in [0.15, 0.2) is 12.3 Å². The molecule has 0 aliphatic carbocycles. The van der Waals surface area contributed by atoms with Gasteiger partial charge in [-0.1, -0.05) is 25.4 Å². The Hall–Kier alpha value is -0.840. The van der Waals surface area contributed by atoms with Crippen molar-refractivity contribution < 1.29 is 9.47 Å². The maximum Gasteiger partial charge on any atom is 0.213 e. The van der Waals surface area contributed by atoms with Gasteiger partial charge in [-0.2, -0.15) is 0 Å². The Bertz CT molecular complexity index is 420. The van der Waals surface area contributed by atoms with E-state index in [0.717, 1.165) is 44.7 Å². The minimum atomic E-state index is 0.203. The minimum absolute atomic E-state index is 0.203. The van der Waals surface area contributed by atoms with E-state index in [-0.39, 0.29) is 6.10 Å². The van der Waals surface area contributed by atoms with Crippen LogP contribution >= 0.6 is 11.6 Å². The van der Waals surface area contributed by atoms with Crippen LogP contribution in [0.4, 0.5) is 0 Å². The van der Waals surface area contributed by atoms with Gasteiger partial charge in [-0.3, -0.25) is 0 Å². The summed E-state index contributed by atoms with van der Waals surface area (Å²) in [5.41, 5.74) is 1.03. The normalized spacial score (nSPS) is 16.6. The molecular formula is C15H23ClN2O2. The zero-order chi connectivity index (χ0) is 14.4. The first-order chi connectivity index (χ1) is 9.65. The van der Waals surface area contributed by atoms with Crippen LogP contribution in [0.5, 0.6) is 5.88 Å². The van der Waals surface area contributed by atoms with Crippen molar-refractivity contribution in [2.45, 2.75) is 39.3 Å². The van der Waals surface area contributed by atoms with Gasteiger partial charge in [-0.15, -0.1) is 0 Å². The Morgan fingerprint density at radius 2 is 2.20 bits per heavy atom. The van der Waals surface area contributed by atoms with E-state index in [0.29, 0.717) is 16.8 Å². The molecule has 0 amide bonds. The van der Waals surface area contributed by atoms with E-state index >= 15 is 0 Å². The molecule has 1 aromatic rings. The van der Waals surface area contributed by atoms with Crippen molar-refractivity contribution in [2.75, 3.05) is 19.8 Å². The molecule has 0 bridgehead atoms. The Morgan fingerprint density at radius 1 is 1.45 bits per heavy atom. The molecule has 1 N–H and O–H groups in total. The number of nitrogens with zero attached hydrogens (tertiary/aromatic N) is 1. The third-order valence-electron chi connectivity index (χ3n) is 3.23. The van der Waals surface area contributed by atoms with Crippen LogP contribution in [-0.2, 0) is 11.3 Å². The van der Waals surface area contributed by atoms with Crippen molar-refractivity contribution in [3.63, 3.8) is 0 Å². The first-order valence-electron chi connectivity index (χ1n) is 7.24. The molecule has 2 rings (SSSR count). The summed E-state index contributed by atoms with van der Waals surface area (Å²) in [7, 11) is 0. The summed E-state index contributed by atoms with van der Waals surface area (Å²) < 4.78 is 11.2. The fourth-order valence-corrected chi connectivity index (χ4v) is 2.29. The second-order valence-electron chi connectivity index (χ2n) is 5.57. The molecule has 5 heteroatoms. The fourth-order valence-electron chi connectivity index (χ4n) is 2.12. The number of nitrogens with one attached hydrogen (secondary N) is 1. The molecule has 2 heterocycles. The molecular weight excluding hydrogens is 276 g/mol. The summed E-state index contributed by atoms with van der Waals surface area (Å²) in [5, 5.41) is 4.07. The van der Waals surface area contributed by atoms with Gasteiger partial charge in [0.15, 0.2) is 0 Å². The van der Waals surface area contributed by atoms with Gasteiger partial charge in [0.05, 0.1) is 18.2 Å². The first-order valence-corrected chi connectivity index (χ1v) is 7.62. The SMILES string of the molecule is CC(C)CNCc1cc(OC2CCOCC2)ncc1Cl. The van der Waals surface area contributed by atoms with Crippen molar-refractivity contribution in [2.24, 2.45) is 5.92 Å². The van der Waals surface area contributed by atoms with Crippen molar-refractivity contribution in [3.8, 4) is 5.88 Å². The summed E-state index contributed by atoms with van der Waals surface area (Å²) in [6.07, 6.45) is 3.72. The van der Waals surface area contributed by atoms with Gasteiger partial charge in [0, 0.05) is 31.6 Å². The standard InChI is InChI=1S/C15H23ClN2O2/c1-11(2)8-17-9-12-7-15(18-10-14(12)16)20-13-3-5-19-6-4-13/h7,10-11,13,17H,3-6,8-9H2,1-2H3. The summed E-state index contributed by atoms with van der Waals surface area (Å²) in [4.78, 5) is 4.25. The summed E-state index contributed by atoms with van der Waals surface area (Å²) in [6.45, 7) is 7.60. The summed E-state index contributed by atoms with van der Waals surface area (Å²) in [6, 6.07) is 1.94. The smallest absolute Gasteiger partial charge is 0.213 e. The largest absolute Gasteiger partial charge is 0.474 e. The lowest BCUT2D eigenvalue weighted by Crippen LogP contribution is -2.26. The molecule has 0 atom stereocenters. The van der Waals surface area contributed by atoms with E-state index in [2.05, 4.69) is 24.1 Å². The topological polar surface area (TPSA) is 43.4 Å². The van der Waals surface area contributed by atoms with Crippen LogP contribution in [0.25, 0.3) is 0 Å². The van der Waals surface area contributed by atoms with Crippen molar-refractivity contribution in [1.29, 1.82) is 0 Å². The minimum Gasteiger partial charge on any atom is -0.474 e. The Labute approximate surface area is 125 Å². The lowest BCUT2D eigenvalue weighted by molar-refractivity contribution is 0.0237. The molecule has 1 fully saturated rings. The zero-order valence-electron chi connectivity index (χ0n) is 12.2. The molecule has 4 nitrogen and oxygen atoms in total. The number of aromatic nitrogens is 1. The van der Waals surface area contributed by atoms with Gasteiger partial charge in [0.25, 0.3) is 0 Å². The summed E-state index contributed by atoms with van der Waals surface area (Å²) >= 11 is 6.18. The molecule has 0 radical (unpaired) electrons. The van der Waals surface area contributed by atoms with E-state index < -0.39 is 0 Å². The zero-order valence-corrected chi connectivity index (χ0v) is 12.9. The molecule has 0 unspecified atom stereocenters. The number of ether oxygens (including phenoxy) is 2. The molecule has 1 aliphatic heterocycles. The van der Waals surface area contributed by atoms with Gasteiger partial charge >= 0.3 is 0 Å². The highest BCUT2D eigenvalue weighted by Crippen LogP contribution is 2.22. The number of halogens is 1. The fraction of sp³-hybridized carbons (Fsp3) is 0.667. The highest BCUT2D eigenvalue weighted by molar-refractivity contribution is 6.31. The van der Waals surface area contributed by atoms with E-state index in [1.54, 1.807) is 6.20 Å². The van der Waals surface area contributed by atoms with Crippen LogP contribution in [0, 0.1) is 5.92 Å².